The molecule has 2 aromatic rings. The molecule has 0 aliphatic carbocycles. The smallest absolute Gasteiger partial charge is 0.249 e. The van der Waals surface area contributed by atoms with E-state index in [-0.39, 0.29) is 23.7 Å². The standard InChI is InChI=1S/C21H26ClNO6S/c1-27-18-12-17(21(23)24)16(19(28-2)20(18)29-3)11-14(8-9-30(4,25)26)13-6-5-7-15(22)10-13/h5-7,10,12,14H,8-9,11H2,1-4H3,(H2,23,24). The molecule has 164 valence electrons. The van der Waals surface area contributed by atoms with Crippen molar-refractivity contribution in [1.82, 2.24) is 0 Å². The molecule has 2 aromatic carbocycles. The number of benzene rings is 2. The molecule has 1 atom stereocenters. The predicted molar refractivity (Wildman–Crippen MR) is 117 cm³/mol. The van der Waals surface area contributed by atoms with Crippen LogP contribution in [-0.2, 0) is 16.3 Å². The second kappa shape index (κ2) is 10.0. The lowest BCUT2D eigenvalue weighted by Gasteiger charge is -2.23. The minimum atomic E-state index is -3.20. The molecule has 0 spiro atoms. The fourth-order valence-electron chi connectivity index (χ4n) is 3.39. The molecule has 2 rings (SSSR count). The van der Waals surface area contributed by atoms with Crippen molar-refractivity contribution in [3.05, 3.63) is 52.0 Å². The van der Waals surface area contributed by atoms with Gasteiger partial charge < -0.3 is 19.9 Å². The molecule has 0 saturated carbocycles. The SMILES string of the molecule is COc1cc(C(N)=O)c(CC(CCS(C)(=O)=O)c2cccc(Cl)c2)c(OC)c1OC. The summed E-state index contributed by atoms with van der Waals surface area (Å²) in [6.45, 7) is 0. The summed E-state index contributed by atoms with van der Waals surface area (Å²) in [6.07, 6.45) is 1.81. The number of carbonyl (C=O) groups excluding carboxylic acids is 1. The fourth-order valence-corrected chi connectivity index (χ4v) is 4.30. The van der Waals surface area contributed by atoms with Gasteiger partial charge in [-0.2, -0.15) is 0 Å². The summed E-state index contributed by atoms with van der Waals surface area (Å²) < 4.78 is 39.9. The molecule has 0 saturated heterocycles. The Morgan fingerprint density at radius 2 is 1.77 bits per heavy atom. The van der Waals surface area contributed by atoms with E-state index in [2.05, 4.69) is 0 Å². The van der Waals surface area contributed by atoms with Crippen LogP contribution in [0.25, 0.3) is 0 Å². The van der Waals surface area contributed by atoms with E-state index in [0.717, 1.165) is 5.56 Å². The highest BCUT2D eigenvalue weighted by molar-refractivity contribution is 7.90. The molecular formula is C21H26ClNO6S. The topological polar surface area (TPSA) is 105 Å². The number of amides is 1. The quantitative estimate of drug-likeness (QED) is 0.589. The maximum atomic E-state index is 12.2. The Morgan fingerprint density at radius 1 is 1.10 bits per heavy atom. The van der Waals surface area contributed by atoms with Gasteiger partial charge in [0.05, 0.1) is 27.1 Å². The summed E-state index contributed by atoms with van der Waals surface area (Å²) in [6, 6.07) is 8.70. The van der Waals surface area contributed by atoms with Crippen LogP contribution < -0.4 is 19.9 Å². The normalized spacial score (nSPS) is 12.3. The number of primary amides is 1. The van der Waals surface area contributed by atoms with Crippen molar-refractivity contribution < 1.29 is 27.4 Å². The third-order valence-electron chi connectivity index (χ3n) is 4.81. The molecule has 2 N–H and O–H groups in total. The van der Waals surface area contributed by atoms with Gasteiger partial charge in [0.15, 0.2) is 11.5 Å². The first kappa shape index (κ1) is 23.8. The van der Waals surface area contributed by atoms with Crippen molar-refractivity contribution in [2.75, 3.05) is 33.3 Å². The monoisotopic (exact) mass is 455 g/mol. The van der Waals surface area contributed by atoms with Crippen LogP contribution >= 0.6 is 11.6 Å². The summed E-state index contributed by atoms with van der Waals surface area (Å²) in [4.78, 5) is 12.2. The van der Waals surface area contributed by atoms with E-state index < -0.39 is 15.7 Å². The van der Waals surface area contributed by atoms with Crippen LogP contribution in [-0.4, -0.2) is 47.7 Å². The molecule has 0 heterocycles. The first-order valence-electron chi connectivity index (χ1n) is 9.16. The Bertz CT molecular complexity index is 1020. The summed E-state index contributed by atoms with van der Waals surface area (Å²) in [5.74, 6) is 0.0131. The van der Waals surface area contributed by atoms with E-state index >= 15 is 0 Å². The van der Waals surface area contributed by atoms with Crippen LogP contribution in [0.3, 0.4) is 0 Å². The van der Waals surface area contributed by atoms with E-state index in [1.54, 1.807) is 18.2 Å². The zero-order chi connectivity index (χ0) is 22.5. The Hall–Kier alpha value is -2.45. The number of sulfone groups is 1. The van der Waals surface area contributed by atoms with Gasteiger partial charge in [-0.05, 0) is 42.5 Å². The van der Waals surface area contributed by atoms with Crippen LogP contribution in [0.5, 0.6) is 17.2 Å². The molecular weight excluding hydrogens is 430 g/mol. The first-order chi connectivity index (χ1) is 14.1. The lowest BCUT2D eigenvalue weighted by atomic mass is 9.87. The maximum Gasteiger partial charge on any atom is 0.249 e. The van der Waals surface area contributed by atoms with Crippen molar-refractivity contribution in [3.63, 3.8) is 0 Å². The molecule has 0 fully saturated rings. The molecule has 1 unspecified atom stereocenters. The van der Waals surface area contributed by atoms with Gasteiger partial charge in [0.25, 0.3) is 0 Å². The van der Waals surface area contributed by atoms with Crippen LogP contribution in [0.2, 0.25) is 5.02 Å². The summed E-state index contributed by atoms with van der Waals surface area (Å²) in [7, 11) is 1.17. The highest BCUT2D eigenvalue weighted by atomic mass is 35.5. The molecule has 1 amide bonds. The molecule has 9 heteroatoms. The average Bonchev–Trinajstić information content (AvgIpc) is 2.68. The minimum absolute atomic E-state index is 0.0221. The van der Waals surface area contributed by atoms with E-state index in [1.165, 1.54) is 33.7 Å². The molecule has 0 radical (unpaired) electrons. The van der Waals surface area contributed by atoms with Crippen LogP contribution in [0.4, 0.5) is 0 Å². The Kier molecular flexibility index (Phi) is 7.97. The lowest BCUT2D eigenvalue weighted by molar-refractivity contribution is 0.0998. The van der Waals surface area contributed by atoms with E-state index in [4.69, 9.17) is 31.5 Å². The van der Waals surface area contributed by atoms with Crippen molar-refractivity contribution >= 4 is 27.3 Å². The van der Waals surface area contributed by atoms with Gasteiger partial charge in [0.2, 0.25) is 11.7 Å². The number of rotatable bonds is 10. The fraction of sp³-hybridized carbons (Fsp3) is 0.381. The largest absolute Gasteiger partial charge is 0.493 e. The van der Waals surface area contributed by atoms with Crippen LogP contribution in [0.1, 0.15) is 33.8 Å². The number of nitrogens with two attached hydrogens (primary N) is 1. The number of halogens is 1. The molecule has 30 heavy (non-hydrogen) atoms. The van der Waals surface area contributed by atoms with Gasteiger partial charge in [-0.25, -0.2) is 8.42 Å². The Morgan fingerprint density at radius 3 is 2.27 bits per heavy atom. The minimum Gasteiger partial charge on any atom is -0.493 e. The van der Waals surface area contributed by atoms with Gasteiger partial charge >= 0.3 is 0 Å². The lowest BCUT2D eigenvalue weighted by Crippen LogP contribution is -2.18. The number of methoxy groups -OCH3 is 3. The van der Waals surface area contributed by atoms with Gasteiger partial charge in [-0.15, -0.1) is 0 Å². The maximum absolute atomic E-state index is 12.2. The van der Waals surface area contributed by atoms with Gasteiger partial charge in [-0.3, -0.25) is 4.79 Å². The number of hydrogen-bond donors (Lipinski definition) is 1. The first-order valence-corrected chi connectivity index (χ1v) is 11.6. The molecule has 0 aliphatic heterocycles. The Labute approximate surface area is 182 Å². The van der Waals surface area contributed by atoms with Crippen molar-refractivity contribution in [2.45, 2.75) is 18.8 Å². The summed E-state index contributed by atoms with van der Waals surface area (Å²) >= 11 is 6.16. The van der Waals surface area contributed by atoms with Crippen molar-refractivity contribution in [1.29, 1.82) is 0 Å². The second-order valence-electron chi connectivity index (χ2n) is 6.91. The Balaban J connectivity index is 2.63. The summed E-state index contributed by atoms with van der Waals surface area (Å²) in [5, 5.41) is 0.534. The van der Waals surface area contributed by atoms with Gasteiger partial charge in [0, 0.05) is 22.4 Å². The predicted octanol–water partition coefficient (Wildman–Crippen LogP) is 3.23. The number of carbonyl (C=O) groups is 1. The zero-order valence-corrected chi connectivity index (χ0v) is 19.0. The highest BCUT2D eigenvalue weighted by Gasteiger charge is 2.26. The number of ether oxygens (including phenoxy) is 3. The third-order valence-corrected chi connectivity index (χ3v) is 6.02. The van der Waals surface area contributed by atoms with Crippen LogP contribution in [0.15, 0.2) is 30.3 Å². The van der Waals surface area contributed by atoms with E-state index in [1.807, 2.05) is 6.07 Å². The van der Waals surface area contributed by atoms with E-state index in [9.17, 15) is 13.2 Å². The van der Waals surface area contributed by atoms with Gasteiger partial charge in [0.1, 0.15) is 9.84 Å². The summed E-state index contributed by atoms with van der Waals surface area (Å²) in [5.41, 5.74) is 7.21. The molecule has 0 aromatic heterocycles. The third kappa shape index (κ3) is 5.79. The van der Waals surface area contributed by atoms with Crippen molar-refractivity contribution in [3.8, 4) is 17.2 Å². The number of hydrogen-bond acceptors (Lipinski definition) is 6. The molecule has 0 bridgehead atoms. The van der Waals surface area contributed by atoms with Crippen molar-refractivity contribution in [2.24, 2.45) is 5.73 Å². The molecule has 0 aliphatic rings. The molecule has 7 nitrogen and oxygen atoms in total. The van der Waals surface area contributed by atoms with E-state index in [0.29, 0.717) is 34.3 Å². The highest BCUT2D eigenvalue weighted by Crippen LogP contribution is 2.44. The second-order valence-corrected chi connectivity index (χ2v) is 9.61. The van der Waals surface area contributed by atoms with Crippen LogP contribution in [0, 0.1) is 0 Å². The zero-order valence-electron chi connectivity index (χ0n) is 17.4. The van der Waals surface area contributed by atoms with Gasteiger partial charge in [-0.1, -0.05) is 23.7 Å². The average molecular weight is 456 g/mol.